The van der Waals surface area contributed by atoms with Crippen LogP contribution in [0.15, 0.2) is 135 Å². The second-order valence-corrected chi connectivity index (χ2v) is 15.0. The molecule has 8 aromatic rings. The molecule has 0 aliphatic rings. The molecule has 0 spiro atoms. The van der Waals surface area contributed by atoms with Crippen molar-refractivity contribution in [1.82, 2.24) is 39.9 Å². The maximum Gasteiger partial charge on any atom is 0.490 e. The highest BCUT2D eigenvalue weighted by molar-refractivity contribution is 9.11. The van der Waals surface area contributed by atoms with Crippen LogP contribution < -0.4 is 30.0 Å². The third-order valence-corrected chi connectivity index (χ3v) is 9.95. The molecule has 22 heteroatoms. The summed E-state index contributed by atoms with van der Waals surface area (Å²) in [7, 11) is 4.82. The van der Waals surface area contributed by atoms with Gasteiger partial charge < -0.3 is 39.1 Å². The second-order valence-electron chi connectivity index (χ2n) is 11.0. The van der Waals surface area contributed by atoms with Crippen molar-refractivity contribution in [1.29, 1.82) is 0 Å². The van der Waals surface area contributed by atoms with E-state index in [-0.39, 0.29) is 29.1 Å². The minimum Gasteiger partial charge on any atom is -0.481 e. The monoisotopic (exact) mass is 1030 g/mol. The molecular formula is C40H43BBr2N8O8S3. The van der Waals surface area contributed by atoms with Crippen LogP contribution in [0.1, 0.15) is 6.92 Å². The molecule has 0 aliphatic carbocycles. The average molecular weight is 1030 g/mol. The number of methoxy groups -OCH3 is 4. The third-order valence-electron chi connectivity index (χ3n) is 6.98. The molecule has 0 saturated carbocycles. The first kappa shape index (κ1) is 52.7. The van der Waals surface area contributed by atoms with Crippen LogP contribution in [0.5, 0.6) is 23.5 Å². The Morgan fingerprint density at radius 2 is 0.984 bits per heavy atom. The van der Waals surface area contributed by atoms with Crippen molar-refractivity contribution in [3.8, 4) is 55.8 Å². The number of nitrogens with one attached hydrogen (secondary N) is 1. The lowest BCUT2D eigenvalue weighted by Crippen LogP contribution is -2.29. The normalized spacial score (nSPS) is 9.37. The molecule has 0 unspecified atom stereocenters. The van der Waals surface area contributed by atoms with E-state index in [0.717, 1.165) is 36.2 Å². The first-order chi connectivity index (χ1) is 29.6. The Labute approximate surface area is 389 Å². The molecule has 0 radical (unpaired) electrons. The van der Waals surface area contributed by atoms with Crippen LogP contribution in [-0.4, -0.2) is 97.2 Å². The van der Waals surface area contributed by atoms with Gasteiger partial charge in [0.05, 0.1) is 28.4 Å². The summed E-state index contributed by atoms with van der Waals surface area (Å²) < 4.78 is 20.7. The van der Waals surface area contributed by atoms with E-state index < -0.39 is 7.12 Å². The number of H-pyrrole nitrogens is 1. The second kappa shape index (κ2) is 30.6. The fourth-order valence-electron chi connectivity index (χ4n) is 4.12. The van der Waals surface area contributed by atoms with Gasteiger partial charge in [0.2, 0.25) is 29.1 Å². The molecule has 326 valence electrons. The molecule has 0 atom stereocenters. The number of aliphatic hydroxyl groups is 1. The van der Waals surface area contributed by atoms with Gasteiger partial charge in [0, 0.05) is 124 Å². The zero-order valence-electron chi connectivity index (χ0n) is 33.9. The fraction of sp³-hybridized carbons (Fsp3) is 0.150. The highest BCUT2D eigenvalue weighted by Gasteiger charge is 2.10. The quantitative estimate of drug-likeness (QED) is 0.111. The minimum absolute atomic E-state index is 0. The molecule has 0 fully saturated rings. The van der Waals surface area contributed by atoms with Gasteiger partial charge in [0.1, 0.15) is 10.0 Å². The van der Waals surface area contributed by atoms with Crippen molar-refractivity contribution >= 4 is 79.5 Å². The molecule has 0 bridgehead atoms. The van der Waals surface area contributed by atoms with Crippen LogP contribution in [-0.2, 0) is 0 Å². The smallest absolute Gasteiger partial charge is 0.481 e. The van der Waals surface area contributed by atoms with Crippen LogP contribution in [0.3, 0.4) is 0 Å². The Balaban J connectivity index is 0.000000267. The standard InChI is InChI=1S/C12H12N2O2.C9H8N2OS.C8H6N2OS.C6H8BNO3.C3H2BrNS.C2H6O.BrH/c1-15-11-5-3-9(7-13-11)10-4-6-12(16-2)14-8-10;1-12-8-3-2-7(6-11-8)9-10-4-5-13-9;11-7-2-1-6(5-10-7)8-9-3-4-12-8;1-11-6-3-2-5(4-8-6)7(9)10;4-3-5-1-2-6-3;1-2-3;/h3-8H,1-2H3;2-6H,1H3;1-5H,(H,10,11);2-4,9-10H,1H3;1-2H;3H,2H2,1H3;1H. The summed E-state index contributed by atoms with van der Waals surface area (Å²) in [6.07, 6.45) is 13.6. The van der Waals surface area contributed by atoms with Crippen molar-refractivity contribution in [3.63, 3.8) is 0 Å². The van der Waals surface area contributed by atoms with Gasteiger partial charge in [0.25, 0.3) is 0 Å². The van der Waals surface area contributed by atoms with Crippen LogP contribution >= 0.6 is 66.9 Å². The van der Waals surface area contributed by atoms with Crippen molar-refractivity contribution < 1.29 is 34.1 Å². The Bertz CT molecular complexity index is 2300. The molecule has 0 saturated heterocycles. The maximum absolute atomic E-state index is 10.7. The van der Waals surface area contributed by atoms with E-state index in [2.05, 4.69) is 55.8 Å². The van der Waals surface area contributed by atoms with Crippen molar-refractivity contribution in [2.24, 2.45) is 0 Å². The molecule has 62 heavy (non-hydrogen) atoms. The van der Waals surface area contributed by atoms with Gasteiger partial charge in [-0.3, -0.25) is 4.79 Å². The molecule has 8 aromatic heterocycles. The molecule has 4 N–H and O–H groups in total. The Morgan fingerprint density at radius 3 is 1.27 bits per heavy atom. The van der Waals surface area contributed by atoms with Crippen molar-refractivity contribution in [3.05, 3.63) is 141 Å². The van der Waals surface area contributed by atoms with Crippen molar-refractivity contribution in [2.45, 2.75) is 6.92 Å². The number of aliphatic hydroxyl groups excluding tert-OH is 1. The van der Waals surface area contributed by atoms with E-state index in [4.69, 9.17) is 34.1 Å². The lowest BCUT2D eigenvalue weighted by atomic mass is 9.82. The van der Waals surface area contributed by atoms with Crippen LogP contribution in [0, 0.1) is 0 Å². The van der Waals surface area contributed by atoms with Crippen molar-refractivity contribution in [2.75, 3.05) is 35.0 Å². The average Bonchev–Trinajstić information content (AvgIpc) is 4.14. The van der Waals surface area contributed by atoms with E-state index in [1.54, 1.807) is 118 Å². The summed E-state index contributed by atoms with van der Waals surface area (Å²) >= 11 is 7.92. The molecular weight excluding hydrogens is 987 g/mol. The zero-order chi connectivity index (χ0) is 44.2. The third kappa shape index (κ3) is 19.5. The zero-order valence-corrected chi connectivity index (χ0v) is 39.7. The topological polar surface area (TPSA) is 221 Å². The van der Waals surface area contributed by atoms with E-state index in [1.807, 2.05) is 52.5 Å². The molecule has 0 aliphatic heterocycles. The summed E-state index contributed by atoms with van der Waals surface area (Å²) in [4.78, 5) is 41.6. The number of rotatable bonds is 8. The summed E-state index contributed by atoms with van der Waals surface area (Å²) in [5, 5.41) is 32.6. The minimum atomic E-state index is -1.46. The summed E-state index contributed by atoms with van der Waals surface area (Å²) in [5.74, 6) is 2.28. The number of pyridine rings is 5. The van der Waals surface area contributed by atoms with Gasteiger partial charge in [0.15, 0.2) is 3.92 Å². The summed E-state index contributed by atoms with van der Waals surface area (Å²) in [5.41, 5.74) is 4.23. The molecule has 8 heterocycles. The van der Waals surface area contributed by atoms with Crippen LogP contribution in [0.25, 0.3) is 32.3 Å². The highest BCUT2D eigenvalue weighted by Crippen LogP contribution is 2.23. The predicted octanol–water partition coefficient (Wildman–Crippen LogP) is 7.13. The van der Waals surface area contributed by atoms with Gasteiger partial charge in [-0.15, -0.1) is 51.0 Å². The van der Waals surface area contributed by atoms with E-state index in [0.29, 0.717) is 29.0 Å². The Morgan fingerprint density at radius 1 is 0.581 bits per heavy atom. The predicted molar refractivity (Wildman–Crippen MR) is 254 cm³/mol. The SMILES string of the molecule is Br.Brc1nccs1.CCO.COc1ccc(-c2ccc(OC)nc2)cn1.COc1ccc(-c2nccs2)cn1.COc1ccc(B(O)O)cn1.O=c1ccc(-c2nccs2)c[nH]1. The Hall–Kier alpha value is -5.46. The summed E-state index contributed by atoms with van der Waals surface area (Å²) in [6, 6.07) is 17.7. The number of hydrogen-bond acceptors (Lipinski definition) is 18. The molecule has 16 nitrogen and oxygen atoms in total. The number of ether oxygens (including phenoxy) is 4. The van der Waals surface area contributed by atoms with Gasteiger partial charge >= 0.3 is 7.12 Å². The number of aromatic amines is 1. The lowest BCUT2D eigenvalue weighted by molar-refractivity contribution is 0.318. The summed E-state index contributed by atoms with van der Waals surface area (Å²) in [6.45, 7) is 1.93. The van der Waals surface area contributed by atoms with Gasteiger partial charge in [-0.1, -0.05) is 6.07 Å². The lowest BCUT2D eigenvalue weighted by Gasteiger charge is -2.03. The fourth-order valence-corrected chi connectivity index (χ4v) is 6.18. The van der Waals surface area contributed by atoms with Gasteiger partial charge in [-0.05, 0) is 53.2 Å². The largest absolute Gasteiger partial charge is 0.490 e. The number of nitrogens with zero attached hydrogens (tertiary/aromatic N) is 7. The first-order valence-corrected chi connectivity index (χ1v) is 21.1. The first-order valence-electron chi connectivity index (χ1n) is 17.6. The number of aromatic nitrogens is 8. The van der Waals surface area contributed by atoms with Crippen LogP contribution in [0.2, 0.25) is 0 Å². The molecule has 0 aromatic carbocycles. The van der Waals surface area contributed by atoms with Crippen LogP contribution in [0.4, 0.5) is 0 Å². The van der Waals surface area contributed by atoms with E-state index in [1.165, 1.54) is 25.4 Å². The molecule has 0 amide bonds. The molecule has 8 rings (SSSR count). The van der Waals surface area contributed by atoms with E-state index >= 15 is 0 Å². The number of hydrogen-bond donors (Lipinski definition) is 4. The number of halogens is 2. The Kier molecular flexibility index (Phi) is 26.0. The maximum atomic E-state index is 10.7. The van der Waals surface area contributed by atoms with E-state index in [9.17, 15) is 4.79 Å². The van der Waals surface area contributed by atoms with Gasteiger partial charge in [-0.2, -0.15) is 0 Å². The highest BCUT2D eigenvalue weighted by atomic mass is 79.9. The van der Waals surface area contributed by atoms with Gasteiger partial charge in [-0.25, -0.2) is 34.9 Å². The number of thiazole rings is 3.